The molecule has 2 aromatic carbocycles. The average molecular weight is 418 g/mol. The highest BCUT2D eigenvalue weighted by Crippen LogP contribution is 2.32. The summed E-state index contributed by atoms with van der Waals surface area (Å²) in [6, 6.07) is 13.0. The van der Waals surface area contributed by atoms with Gasteiger partial charge in [0.1, 0.15) is 5.69 Å². The second kappa shape index (κ2) is 9.00. The van der Waals surface area contributed by atoms with E-state index in [2.05, 4.69) is 10.3 Å². The standard InChI is InChI=1S/C25H26N2O4/c1-6-31-25(30)20-17(5)26-22(21(20)18-9-7-14(2)8-10-18)23(28)24(29)27-19-12-15(3)11-16(4)13-19/h7-13,26H,6H2,1-5H3,(H,27,29). The van der Waals surface area contributed by atoms with Gasteiger partial charge in [-0.1, -0.05) is 35.9 Å². The van der Waals surface area contributed by atoms with Crippen LogP contribution in [0.25, 0.3) is 11.1 Å². The molecule has 1 amide bonds. The molecule has 0 aliphatic rings. The fourth-order valence-corrected chi connectivity index (χ4v) is 3.61. The summed E-state index contributed by atoms with van der Waals surface area (Å²) in [5.74, 6) is -2.08. The van der Waals surface area contributed by atoms with E-state index < -0.39 is 17.7 Å². The molecule has 2 N–H and O–H groups in total. The number of carbonyl (C=O) groups is 3. The van der Waals surface area contributed by atoms with Gasteiger partial charge in [0.25, 0.3) is 11.7 Å². The minimum absolute atomic E-state index is 0.0614. The molecule has 160 valence electrons. The van der Waals surface area contributed by atoms with Crippen molar-refractivity contribution in [2.75, 3.05) is 11.9 Å². The lowest BCUT2D eigenvalue weighted by molar-refractivity contribution is -0.112. The summed E-state index contributed by atoms with van der Waals surface area (Å²) in [5, 5.41) is 2.67. The summed E-state index contributed by atoms with van der Waals surface area (Å²) in [6.45, 7) is 9.38. The first-order valence-electron chi connectivity index (χ1n) is 10.1. The maximum Gasteiger partial charge on any atom is 0.340 e. The number of ketones is 1. The zero-order valence-electron chi connectivity index (χ0n) is 18.4. The zero-order valence-corrected chi connectivity index (χ0v) is 18.4. The van der Waals surface area contributed by atoms with E-state index in [0.29, 0.717) is 22.5 Å². The highest BCUT2D eigenvalue weighted by molar-refractivity contribution is 6.47. The van der Waals surface area contributed by atoms with Crippen molar-refractivity contribution in [1.82, 2.24) is 4.98 Å². The van der Waals surface area contributed by atoms with E-state index in [0.717, 1.165) is 16.7 Å². The molecular weight excluding hydrogens is 392 g/mol. The summed E-state index contributed by atoms with van der Waals surface area (Å²) < 4.78 is 5.20. The van der Waals surface area contributed by atoms with E-state index in [1.807, 2.05) is 51.1 Å². The maximum absolute atomic E-state index is 13.1. The van der Waals surface area contributed by atoms with E-state index in [1.165, 1.54) is 0 Å². The molecule has 0 saturated heterocycles. The summed E-state index contributed by atoms with van der Waals surface area (Å²) in [4.78, 5) is 41.5. The lowest BCUT2D eigenvalue weighted by Crippen LogP contribution is -2.24. The molecule has 0 saturated carbocycles. The average Bonchev–Trinajstić information content (AvgIpc) is 3.04. The molecule has 6 heteroatoms. The number of ether oxygens (including phenoxy) is 1. The second-order valence-electron chi connectivity index (χ2n) is 7.62. The Morgan fingerprint density at radius 1 is 0.903 bits per heavy atom. The van der Waals surface area contributed by atoms with Crippen LogP contribution < -0.4 is 5.32 Å². The van der Waals surface area contributed by atoms with Crippen molar-refractivity contribution in [3.05, 3.63) is 76.1 Å². The summed E-state index contributed by atoms with van der Waals surface area (Å²) in [7, 11) is 0. The van der Waals surface area contributed by atoms with E-state index in [4.69, 9.17) is 4.74 Å². The molecule has 31 heavy (non-hydrogen) atoms. The molecular formula is C25H26N2O4. The summed E-state index contributed by atoms with van der Waals surface area (Å²) >= 11 is 0. The minimum atomic E-state index is -0.782. The van der Waals surface area contributed by atoms with Crippen LogP contribution >= 0.6 is 0 Å². The van der Waals surface area contributed by atoms with Crippen LogP contribution in [0.5, 0.6) is 0 Å². The van der Waals surface area contributed by atoms with Crippen molar-refractivity contribution in [1.29, 1.82) is 0 Å². The van der Waals surface area contributed by atoms with Crippen LogP contribution in [0.1, 0.15) is 50.2 Å². The van der Waals surface area contributed by atoms with Crippen molar-refractivity contribution < 1.29 is 19.1 Å². The zero-order chi connectivity index (χ0) is 22.7. The van der Waals surface area contributed by atoms with Crippen LogP contribution in [0.2, 0.25) is 0 Å². The molecule has 0 atom stereocenters. The van der Waals surface area contributed by atoms with Gasteiger partial charge >= 0.3 is 5.97 Å². The predicted molar refractivity (Wildman–Crippen MR) is 121 cm³/mol. The van der Waals surface area contributed by atoms with E-state index in [1.54, 1.807) is 26.0 Å². The van der Waals surface area contributed by atoms with Gasteiger partial charge < -0.3 is 15.0 Å². The minimum Gasteiger partial charge on any atom is -0.462 e. The first-order chi connectivity index (χ1) is 14.7. The van der Waals surface area contributed by atoms with E-state index in [9.17, 15) is 14.4 Å². The number of H-pyrrole nitrogens is 1. The molecule has 1 aromatic heterocycles. The summed E-state index contributed by atoms with van der Waals surface area (Å²) in [6.07, 6.45) is 0. The van der Waals surface area contributed by atoms with Crippen LogP contribution in [-0.2, 0) is 9.53 Å². The molecule has 0 fully saturated rings. The van der Waals surface area contributed by atoms with Gasteiger partial charge in [0, 0.05) is 16.9 Å². The molecule has 3 rings (SSSR count). The Morgan fingerprint density at radius 3 is 2.10 bits per heavy atom. The number of hydrogen-bond donors (Lipinski definition) is 2. The number of benzene rings is 2. The normalized spacial score (nSPS) is 10.6. The van der Waals surface area contributed by atoms with Crippen molar-refractivity contribution in [3.63, 3.8) is 0 Å². The van der Waals surface area contributed by atoms with Gasteiger partial charge in [-0.2, -0.15) is 0 Å². The SMILES string of the molecule is CCOC(=O)c1c(C)[nH]c(C(=O)C(=O)Nc2cc(C)cc(C)c2)c1-c1ccc(C)cc1. The second-order valence-corrected chi connectivity index (χ2v) is 7.62. The van der Waals surface area contributed by atoms with Gasteiger partial charge in [0.15, 0.2) is 0 Å². The first kappa shape index (κ1) is 22.0. The van der Waals surface area contributed by atoms with Crippen molar-refractivity contribution in [2.45, 2.75) is 34.6 Å². The Bertz CT molecular complexity index is 1140. The first-order valence-corrected chi connectivity index (χ1v) is 10.1. The highest BCUT2D eigenvalue weighted by Gasteiger charge is 2.29. The quantitative estimate of drug-likeness (QED) is 0.338. The number of nitrogens with one attached hydrogen (secondary N) is 2. The lowest BCUT2D eigenvalue weighted by Gasteiger charge is -2.09. The maximum atomic E-state index is 13.1. The van der Waals surface area contributed by atoms with Crippen molar-refractivity contribution >= 4 is 23.3 Å². The Hall–Kier alpha value is -3.67. The molecule has 0 aliphatic carbocycles. The fourth-order valence-electron chi connectivity index (χ4n) is 3.61. The van der Waals surface area contributed by atoms with Crippen LogP contribution in [0.4, 0.5) is 5.69 Å². The number of rotatable bonds is 6. The smallest absolute Gasteiger partial charge is 0.340 e. The van der Waals surface area contributed by atoms with Crippen LogP contribution in [0, 0.1) is 27.7 Å². The van der Waals surface area contributed by atoms with Crippen LogP contribution in [-0.4, -0.2) is 29.3 Å². The molecule has 0 aliphatic heterocycles. The third-order valence-electron chi connectivity index (χ3n) is 4.92. The van der Waals surface area contributed by atoms with Crippen molar-refractivity contribution in [2.24, 2.45) is 0 Å². The fraction of sp³-hybridized carbons (Fsp3) is 0.240. The molecule has 0 bridgehead atoms. The predicted octanol–water partition coefficient (Wildman–Crippen LogP) is 4.91. The molecule has 6 nitrogen and oxygen atoms in total. The van der Waals surface area contributed by atoms with Gasteiger partial charge in [0.2, 0.25) is 0 Å². The third kappa shape index (κ3) is 4.74. The molecule has 0 unspecified atom stereocenters. The molecule has 0 radical (unpaired) electrons. The number of carbonyl (C=O) groups excluding carboxylic acids is 3. The van der Waals surface area contributed by atoms with Gasteiger partial charge in [-0.3, -0.25) is 9.59 Å². The van der Waals surface area contributed by atoms with E-state index in [-0.39, 0.29) is 17.9 Å². The largest absolute Gasteiger partial charge is 0.462 e. The number of aromatic amines is 1. The Morgan fingerprint density at radius 2 is 1.52 bits per heavy atom. The highest BCUT2D eigenvalue weighted by atomic mass is 16.5. The molecule has 1 heterocycles. The van der Waals surface area contributed by atoms with Gasteiger partial charge in [0.05, 0.1) is 12.2 Å². The number of anilines is 1. The monoisotopic (exact) mass is 418 g/mol. The molecule has 0 spiro atoms. The lowest BCUT2D eigenvalue weighted by atomic mass is 9.97. The number of aryl methyl sites for hydroxylation is 4. The van der Waals surface area contributed by atoms with Crippen LogP contribution in [0.3, 0.4) is 0 Å². The Labute approximate surface area is 181 Å². The number of hydrogen-bond acceptors (Lipinski definition) is 4. The molecule has 3 aromatic rings. The number of aromatic nitrogens is 1. The van der Waals surface area contributed by atoms with Gasteiger partial charge in [-0.05, 0) is 63.4 Å². The van der Waals surface area contributed by atoms with Crippen LogP contribution in [0.15, 0.2) is 42.5 Å². The van der Waals surface area contributed by atoms with Gasteiger partial charge in [-0.25, -0.2) is 4.79 Å². The number of Topliss-reactive ketones (excluding diaryl/α,β-unsaturated/α-hetero) is 1. The van der Waals surface area contributed by atoms with Gasteiger partial charge in [-0.15, -0.1) is 0 Å². The Balaban J connectivity index is 2.05. The van der Waals surface area contributed by atoms with Crippen molar-refractivity contribution in [3.8, 4) is 11.1 Å². The summed E-state index contributed by atoms with van der Waals surface area (Å²) in [5.41, 5.74) is 5.34. The number of amides is 1. The Kier molecular flexibility index (Phi) is 6.39. The topological polar surface area (TPSA) is 88.3 Å². The third-order valence-corrected chi connectivity index (χ3v) is 4.92. The van der Waals surface area contributed by atoms with E-state index >= 15 is 0 Å². The number of esters is 1.